The minimum atomic E-state index is -0.742. The van der Waals surface area contributed by atoms with Gasteiger partial charge >= 0.3 is 5.97 Å². The molecular weight excluding hydrogens is 200 g/mol. The maximum absolute atomic E-state index is 10.5. The van der Waals surface area contributed by atoms with Gasteiger partial charge in [-0.05, 0) is 19.1 Å². The Kier molecular flexibility index (Phi) is 4.07. The van der Waals surface area contributed by atoms with Crippen LogP contribution in [0.5, 0.6) is 0 Å². The Labute approximate surface area is 87.5 Å². The lowest BCUT2D eigenvalue weighted by atomic mass is 10.2. The molecule has 0 fully saturated rings. The zero-order chi connectivity index (χ0) is 10.6. The van der Waals surface area contributed by atoms with Gasteiger partial charge < -0.3 is 9.52 Å². The van der Waals surface area contributed by atoms with Crippen LogP contribution < -0.4 is 0 Å². The number of thioether (sulfide) groups is 1. The third-order valence-electron chi connectivity index (χ3n) is 1.83. The number of carbonyl (C=O) groups is 1. The predicted molar refractivity (Wildman–Crippen MR) is 56.4 cm³/mol. The van der Waals surface area contributed by atoms with E-state index in [-0.39, 0.29) is 5.92 Å². The number of rotatable bonds is 5. The number of aryl methyl sites for hydroxylation is 1. The molecule has 0 saturated heterocycles. The summed E-state index contributed by atoms with van der Waals surface area (Å²) in [5, 5.41) is 8.65. The average molecular weight is 214 g/mol. The molecule has 0 aliphatic heterocycles. The van der Waals surface area contributed by atoms with Crippen LogP contribution in [-0.2, 0) is 10.5 Å². The van der Waals surface area contributed by atoms with Gasteiger partial charge in [-0.3, -0.25) is 4.79 Å². The molecule has 1 rings (SSSR count). The summed E-state index contributed by atoms with van der Waals surface area (Å²) in [5.41, 5.74) is 0. The van der Waals surface area contributed by atoms with Gasteiger partial charge in [0.15, 0.2) is 0 Å². The molecule has 0 aliphatic rings. The number of hydrogen-bond acceptors (Lipinski definition) is 3. The van der Waals surface area contributed by atoms with Crippen molar-refractivity contribution >= 4 is 17.7 Å². The highest BCUT2D eigenvalue weighted by Crippen LogP contribution is 2.17. The summed E-state index contributed by atoms with van der Waals surface area (Å²) < 4.78 is 5.36. The van der Waals surface area contributed by atoms with Crippen molar-refractivity contribution in [1.29, 1.82) is 0 Å². The van der Waals surface area contributed by atoms with Crippen LogP contribution in [0.2, 0.25) is 0 Å². The molecule has 1 N–H and O–H groups in total. The van der Waals surface area contributed by atoms with E-state index in [1.54, 1.807) is 18.7 Å². The van der Waals surface area contributed by atoms with Gasteiger partial charge in [0.1, 0.15) is 11.5 Å². The summed E-state index contributed by atoms with van der Waals surface area (Å²) in [5.74, 6) is 2.13. The van der Waals surface area contributed by atoms with Crippen molar-refractivity contribution in [2.75, 3.05) is 5.75 Å². The maximum atomic E-state index is 10.5. The zero-order valence-corrected chi connectivity index (χ0v) is 9.13. The first-order chi connectivity index (χ1) is 6.59. The van der Waals surface area contributed by atoms with Crippen molar-refractivity contribution in [3.05, 3.63) is 23.7 Å². The van der Waals surface area contributed by atoms with Crippen molar-refractivity contribution in [2.24, 2.45) is 5.92 Å². The molecule has 0 amide bonds. The van der Waals surface area contributed by atoms with Crippen molar-refractivity contribution in [3.8, 4) is 0 Å². The molecule has 0 aromatic carbocycles. The fourth-order valence-corrected chi connectivity index (χ4v) is 1.94. The monoisotopic (exact) mass is 214 g/mol. The van der Waals surface area contributed by atoms with E-state index < -0.39 is 5.97 Å². The number of carboxylic acids is 1. The Morgan fingerprint density at radius 3 is 2.86 bits per heavy atom. The number of carboxylic acid groups (broad SMARTS) is 1. The quantitative estimate of drug-likeness (QED) is 0.818. The fourth-order valence-electron chi connectivity index (χ4n) is 0.970. The molecule has 14 heavy (non-hydrogen) atoms. The fraction of sp³-hybridized carbons (Fsp3) is 0.500. The third-order valence-corrected chi connectivity index (χ3v) is 3.05. The predicted octanol–water partition coefficient (Wildman–Crippen LogP) is 2.54. The Morgan fingerprint density at radius 1 is 1.64 bits per heavy atom. The van der Waals surface area contributed by atoms with Gasteiger partial charge in [0.2, 0.25) is 0 Å². The molecule has 1 unspecified atom stereocenters. The Morgan fingerprint density at radius 2 is 2.36 bits per heavy atom. The van der Waals surface area contributed by atoms with Crippen LogP contribution >= 0.6 is 11.8 Å². The molecule has 78 valence electrons. The van der Waals surface area contributed by atoms with Crippen molar-refractivity contribution in [2.45, 2.75) is 19.6 Å². The number of furan rings is 1. The van der Waals surface area contributed by atoms with Crippen LogP contribution in [0.3, 0.4) is 0 Å². The normalized spacial score (nSPS) is 12.7. The second-order valence-corrected chi connectivity index (χ2v) is 4.30. The van der Waals surface area contributed by atoms with E-state index in [4.69, 9.17) is 9.52 Å². The van der Waals surface area contributed by atoms with Crippen LogP contribution in [0.4, 0.5) is 0 Å². The third kappa shape index (κ3) is 3.46. The molecule has 0 spiro atoms. The van der Waals surface area contributed by atoms with Gasteiger partial charge in [-0.1, -0.05) is 6.92 Å². The topological polar surface area (TPSA) is 50.4 Å². The molecule has 0 bridgehead atoms. The van der Waals surface area contributed by atoms with Gasteiger partial charge in [0.05, 0.1) is 11.7 Å². The van der Waals surface area contributed by atoms with E-state index in [1.807, 2.05) is 19.1 Å². The summed E-state index contributed by atoms with van der Waals surface area (Å²) in [6.07, 6.45) is 0. The second kappa shape index (κ2) is 5.10. The van der Waals surface area contributed by atoms with Gasteiger partial charge in [-0.15, -0.1) is 0 Å². The first-order valence-corrected chi connectivity index (χ1v) is 5.61. The summed E-state index contributed by atoms with van der Waals surface area (Å²) in [4.78, 5) is 10.5. The molecule has 0 radical (unpaired) electrons. The number of aliphatic carboxylic acids is 1. The molecule has 3 nitrogen and oxygen atoms in total. The SMILES string of the molecule is Cc1ccc(CSCC(C)C(=O)O)o1. The van der Waals surface area contributed by atoms with Crippen molar-refractivity contribution < 1.29 is 14.3 Å². The lowest BCUT2D eigenvalue weighted by molar-refractivity contribution is -0.140. The van der Waals surface area contributed by atoms with Crippen LogP contribution in [0.25, 0.3) is 0 Å². The van der Waals surface area contributed by atoms with E-state index in [2.05, 4.69) is 0 Å². The molecular formula is C10H14O3S. The summed E-state index contributed by atoms with van der Waals surface area (Å²) in [6, 6.07) is 3.84. The summed E-state index contributed by atoms with van der Waals surface area (Å²) in [6.45, 7) is 3.61. The van der Waals surface area contributed by atoms with Gasteiger partial charge in [-0.2, -0.15) is 11.8 Å². The van der Waals surface area contributed by atoms with Gasteiger partial charge in [0.25, 0.3) is 0 Å². The molecule has 0 saturated carbocycles. The lowest BCUT2D eigenvalue weighted by Gasteiger charge is -2.03. The average Bonchev–Trinajstić information content (AvgIpc) is 2.51. The largest absolute Gasteiger partial charge is 0.481 e. The second-order valence-electron chi connectivity index (χ2n) is 3.27. The Balaban J connectivity index is 2.25. The zero-order valence-electron chi connectivity index (χ0n) is 8.32. The first-order valence-electron chi connectivity index (χ1n) is 4.45. The van der Waals surface area contributed by atoms with E-state index in [1.165, 1.54) is 0 Å². The summed E-state index contributed by atoms with van der Waals surface area (Å²) >= 11 is 1.58. The smallest absolute Gasteiger partial charge is 0.307 e. The minimum absolute atomic E-state index is 0.295. The van der Waals surface area contributed by atoms with Crippen LogP contribution in [0, 0.1) is 12.8 Å². The lowest BCUT2D eigenvalue weighted by Crippen LogP contribution is -2.11. The highest BCUT2D eigenvalue weighted by molar-refractivity contribution is 7.98. The Bertz CT molecular complexity index is 306. The van der Waals surface area contributed by atoms with E-state index in [0.717, 1.165) is 17.3 Å². The Hall–Kier alpha value is -0.900. The molecule has 1 atom stereocenters. The van der Waals surface area contributed by atoms with Crippen molar-refractivity contribution in [1.82, 2.24) is 0 Å². The van der Waals surface area contributed by atoms with Gasteiger partial charge in [-0.25, -0.2) is 0 Å². The molecule has 1 heterocycles. The van der Waals surface area contributed by atoms with E-state index >= 15 is 0 Å². The highest BCUT2D eigenvalue weighted by atomic mass is 32.2. The van der Waals surface area contributed by atoms with Crippen LogP contribution in [0.15, 0.2) is 16.5 Å². The van der Waals surface area contributed by atoms with Gasteiger partial charge in [0, 0.05) is 5.75 Å². The first kappa shape index (κ1) is 11.2. The van der Waals surface area contributed by atoms with E-state index in [9.17, 15) is 4.79 Å². The molecule has 4 heteroatoms. The standard InChI is InChI=1S/C10H14O3S/c1-7(10(11)12)5-14-6-9-4-3-8(2)13-9/h3-4,7H,5-6H2,1-2H3,(H,11,12). The molecule has 1 aromatic heterocycles. The molecule has 1 aromatic rings. The molecule has 0 aliphatic carbocycles. The highest BCUT2D eigenvalue weighted by Gasteiger charge is 2.10. The van der Waals surface area contributed by atoms with Crippen molar-refractivity contribution in [3.63, 3.8) is 0 Å². The number of hydrogen-bond donors (Lipinski definition) is 1. The van der Waals surface area contributed by atoms with Crippen LogP contribution in [0.1, 0.15) is 18.4 Å². The maximum Gasteiger partial charge on any atom is 0.307 e. The summed E-state index contributed by atoms with van der Waals surface area (Å²) in [7, 11) is 0. The van der Waals surface area contributed by atoms with Crippen LogP contribution in [-0.4, -0.2) is 16.8 Å². The minimum Gasteiger partial charge on any atom is -0.481 e. The van der Waals surface area contributed by atoms with E-state index in [0.29, 0.717) is 5.75 Å².